The van der Waals surface area contributed by atoms with Crippen molar-refractivity contribution in [1.29, 1.82) is 5.26 Å². The van der Waals surface area contributed by atoms with Crippen LogP contribution in [-0.4, -0.2) is 12.6 Å². The third kappa shape index (κ3) is 3.62. The van der Waals surface area contributed by atoms with Gasteiger partial charge in [-0.2, -0.15) is 5.26 Å². The molecule has 1 aromatic rings. The maximum absolute atomic E-state index is 12.6. The highest BCUT2D eigenvalue weighted by atomic mass is 79.9. The molecule has 6 heteroatoms. The first-order valence-corrected chi connectivity index (χ1v) is 8.55. The van der Waals surface area contributed by atoms with Gasteiger partial charge in [-0.15, -0.1) is 0 Å². The maximum atomic E-state index is 12.6. The van der Waals surface area contributed by atoms with Crippen LogP contribution < -0.4 is 5.73 Å². The summed E-state index contributed by atoms with van der Waals surface area (Å²) in [5, 5.41) is 9.55. The molecule has 126 valence electrons. The van der Waals surface area contributed by atoms with E-state index in [1.165, 1.54) is 0 Å². The van der Waals surface area contributed by atoms with Gasteiger partial charge < -0.3 is 15.2 Å². The lowest BCUT2D eigenvalue weighted by Crippen LogP contribution is -2.26. The van der Waals surface area contributed by atoms with Crippen LogP contribution >= 0.6 is 15.9 Å². The number of esters is 1. The Balaban J connectivity index is 2.66. The molecule has 2 N–H and O–H groups in total. The normalized spacial score (nSPS) is 17.3. The number of hydrogen-bond donors (Lipinski definition) is 1. The molecule has 0 aliphatic carbocycles. The molecular weight excluding hydrogens is 372 g/mol. The number of allylic oxidation sites excluding steroid dienone is 2. The number of carbonyl (C=O) groups is 1. The van der Waals surface area contributed by atoms with Crippen LogP contribution in [0.3, 0.4) is 0 Å². The van der Waals surface area contributed by atoms with Gasteiger partial charge in [-0.1, -0.05) is 35.0 Å². The van der Waals surface area contributed by atoms with Gasteiger partial charge in [-0.3, -0.25) is 0 Å². The smallest absolute Gasteiger partial charge is 0.338 e. The average molecular weight is 391 g/mol. The first-order valence-electron chi connectivity index (χ1n) is 7.76. The van der Waals surface area contributed by atoms with Crippen molar-refractivity contribution in [1.82, 2.24) is 0 Å². The van der Waals surface area contributed by atoms with Crippen LogP contribution in [0.25, 0.3) is 0 Å². The van der Waals surface area contributed by atoms with Crippen molar-refractivity contribution in [2.75, 3.05) is 6.61 Å². The van der Waals surface area contributed by atoms with Crippen molar-refractivity contribution in [3.63, 3.8) is 0 Å². The number of nitriles is 1. The van der Waals surface area contributed by atoms with E-state index >= 15 is 0 Å². The van der Waals surface area contributed by atoms with Gasteiger partial charge in [-0.25, -0.2) is 4.79 Å². The Morgan fingerprint density at radius 1 is 1.46 bits per heavy atom. The summed E-state index contributed by atoms with van der Waals surface area (Å²) in [5.41, 5.74) is 7.30. The van der Waals surface area contributed by atoms with Crippen LogP contribution in [0.15, 0.2) is 51.5 Å². The molecule has 0 saturated heterocycles. The number of carbonyl (C=O) groups excluding carboxylic acids is 1. The number of benzene rings is 1. The highest BCUT2D eigenvalue weighted by molar-refractivity contribution is 9.10. The molecule has 0 amide bonds. The van der Waals surface area contributed by atoms with Crippen molar-refractivity contribution in [2.45, 2.75) is 32.6 Å². The van der Waals surface area contributed by atoms with Gasteiger partial charge in [0.25, 0.3) is 0 Å². The summed E-state index contributed by atoms with van der Waals surface area (Å²) in [6, 6.07) is 9.53. The molecule has 1 heterocycles. The van der Waals surface area contributed by atoms with Crippen LogP contribution in [0.1, 0.15) is 38.2 Å². The number of nitrogens with two attached hydrogens (primary N) is 1. The molecule has 5 nitrogen and oxygen atoms in total. The fraction of sp³-hybridized carbons (Fsp3) is 0.333. The highest BCUT2D eigenvalue weighted by Crippen LogP contribution is 2.41. The lowest BCUT2D eigenvalue weighted by atomic mass is 9.82. The lowest BCUT2D eigenvalue weighted by Gasteiger charge is -2.28. The van der Waals surface area contributed by atoms with Crippen LogP contribution in [0, 0.1) is 11.3 Å². The van der Waals surface area contributed by atoms with E-state index in [1.54, 1.807) is 6.92 Å². The molecule has 0 spiro atoms. The molecule has 0 unspecified atom stereocenters. The van der Waals surface area contributed by atoms with E-state index < -0.39 is 11.9 Å². The Bertz CT molecular complexity index is 747. The van der Waals surface area contributed by atoms with E-state index in [-0.39, 0.29) is 18.1 Å². The fourth-order valence-electron chi connectivity index (χ4n) is 2.68. The monoisotopic (exact) mass is 390 g/mol. The molecule has 0 radical (unpaired) electrons. The quantitative estimate of drug-likeness (QED) is 0.770. The summed E-state index contributed by atoms with van der Waals surface area (Å²) < 4.78 is 11.7. The SMILES string of the molecule is CCCC1=C(C(=O)OCC)[C@H](c2cccc(Br)c2)C(C#N)=C(N)O1. The molecule has 0 aromatic heterocycles. The number of nitrogens with zero attached hydrogens (tertiary/aromatic N) is 1. The second-order valence-electron chi connectivity index (χ2n) is 5.29. The first-order chi connectivity index (χ1) is 11.5. The third-order valence-corrected chi connectivity index (χ3v) is 4.14. The molecule has 1 aliphatic rings. The highest BCUT2D eigenvalue weighted by Gasteiger charge is 2.37. The minimum Gasteiger partial charge on any atom is -0.463 e. The summed E-state index contributed by atoms with van der Waals surface area (Å²) >= 11 is 3.43. The maximum Gasteiger partial charge on any atom is 0.338 e. The lowest BCUT2D eigenvalue weighted by molar-refractivity contribution is -0.139. The second-order valence-corrected chi connectivity index (χ2v) is 6.20. The minimum absolute atomic E-state index is 0.0407. The standard InChI is InChI=1S/C18H19BrN2O3/c1-3-6-14-16(18(22)23-4-2)15(13(10-20)17(21)24-14)11-7-5-8-12(19)9-11/h5,7-9,15H,3-4,6,21H2,1-2H3/t15-/m1/s1. The largest absolute Gasteiger partial charge is 0.463 e. The zero-order chi connectivity index (χ0) is 17.7. The summed E-state index contributed by atoms with van der Waals surface area (Å²) in [4.78, 5) is 12.6. The molecule has 24 heavy (non-hydrogen) atoms. The van der Waals surface area contributed by atoms with Crippen molar-refractivity contribution in [3.05, 3.63) is 57.1 Å². The van der Waals surface area contributed by atoms with Gasteiger partial charge in [0.05, 0.1) is 18.1 Å². The van der Waals surface area contributed by atoms with Crippen molar-refractivity contribution >= 4 is 21.9 Å². The Morgan fingerprint density at radius 3 is 2.79 bits per heavy atom. The summed E-state index contributed by atoms with van der Waals surface area (Å²) in [6.07, 6.45) is 1.32. The number of hydrogen-bond acceptors (Lipinski definition) is 5. The summed E-state index contributed by atoms with van der Waals surface area (Å²) in [6.45, 7) is 3.96. The van der Waals surface area contributed by atoms with E-state index in [9.17, 15) is 10.1 Å². The summed E-state index contributed by atoms with van der Waals surface area (Å²) in [7, 11) is 0. The minimum atomic E-state index is -0.596. The van der Waals surface area contributed by atoms with E-state index in [1.807, 2.05) is 31.2 Å². The first kappa shape index (κ1) is 18.1. The predicted molar refractivity (Wildman–Crippen MR) is 93.4 cm³/mol. The van der Waals surface area contributed by atoms with Crippen LogP contribution in [0.4, 0.5) is 0 Å². The molecule has 1 aromatic carbocycles. The van der Waals surface area contributed by atoms with E-state index in [2.05, 4.69) is 22.0 Å². The number of ether oxygens (including phenoxy) is 2. The van der Waals surface area contributed by atoms with Crippen molar-refractivity contribution in [2.24, 2.45) is 5.73 Å². The van der Waals surface area contributed by atoms with Gasteiger partial charge in [0.2, 0.25) is 5.88 Å². The Labute approximate surface area is 149 Å². The number of rotatable bonds is 5. The molecule has 1 atom stereocenters. The van der Waals surface area contributed by atoms with E-state index in [0.717, 1.165) is 16.5 Å². The molecule has 1 aliphatic heterocycles. The van der Waals surface area contributed by atoms with Crippen LogP contribution in [-0.2, 0) is 14.3 Å². The fourth-order valence-corrected chi connectivity index (χ4v) is 3.10. The van der Waals surface area contributed by atoms with Crippen LogP contribution in [0.5, 0.6) is 0 Å². The van der Waals surface area contributed by atoms with Crippen LogP contribution in [0.2, 0.25) is 0 Å². The van der Waals surface area contributed by atoms with Gasteiger partial charge in [-0.05, 0) is 31.0 Å². The number of halogens is 1. The topological polar surface area (TPSA) is 85.3 Å². The van der Waals surface area contributed by atoms with Gasteiger partial charge in [0, 0.05) is 10.9 Å². The Morgan fingerprint density at radius 2 is 2.21 bits per heavy atom. The van der Waals surface area contributed by atoms with Gasteiger partial charge in [0.1, 0.15) is 17.4 Å². The molecule has 0 saturated carbocycles. The molecular formula is C18H19BrN2O3. The molecule has 2 rings (SSSR count). The van der Waals surface area contributed by atoms with Crippen molar-refractivity contribution in [3.8, 4) is 6.07 Å². The van der Waals surface area contributed by atoms with E-state index in [4.69, 9.17) is 15.2 Å². The van der Waals surface area contributed by atoms with Gasteiger partial charge >= 0.3 is 5.97 Å². The Hall–Kier alpha value is -2.26. The zero-order valence-corrected chi connectivity index (χ0v) is 15.2. The average Bonchev–Trinajstić information content (AvgIpc) is 2.54. The van der Waals surface area contributed by atoms with E-state index in [0.29, 0.717) is 17.8 Å². The molecule has 0 fully saturated rings. The van der Waals surface area contributed by atoms with Gasteiger partial charge in [0.15, 0.2) is 0 Å². The second kappa shape index (κ2) is 8.02. The third-order valence-electron chi connectivity index (χ3n) is 3.65. The molecule has 0 bridgehead atoms. The zero-order valence-electron chi connectivity index (χ0n) is 13.6. The summed E-state index contributed by atoms with van der Waals surface area (Å²) in [5.74, 6) is -0.565. The van der Waals surface area contributed by atoms with Crippen molar-refractivity contribution < 1.29 is 14.3 Å². The predicted octanol–water partition coefficient (Wildman–Crippen LogP) is 3.87. The Kier molecular flexibility index (Phi) is 6.04.